The van der Waals surface area contributed by atoms with Crippen LogP contribution in [0.25, 0.3) is 0 Å². The van der Waals surface area contributed by atoms with Crippen LogP contribution in [-0.2, 0) is 35.9 Å². The molecule has 0 rings (SSSR count). The fourth-order valence-electron chi connectivity index (χ4n) is 7.90. The summed E-state index contributed by atoms with van der Waals surface area (Å²) in [7, 11) is 0. The quantitative estimate of drug-likeness (QED) is 0.377. The van der Waals surface area contributed by atoms with Gasteiger partial charge in [0, 0.05) is 0 Å². The molecule has 0 amide bonds. The monoisotopic (exact) mass is 454 g/mol. The van der Waals surface area contributed by atoms with E-state index in [1.54, 1.807) is 0 Å². The van der Waals surface area contributed by atoms with Gasteiger partial charge in [0.1, 0.15) is 0 Å². The molecular formula is C24H54OTi2. The Bertz CT molecular complexity index is 385. The first-order valence-corrected chi connectivity index (χ1v) is 16.9. The normalized spacial score (nSPS) is 16.7. The average Bonchev–Trinajstić information content (AvgIpc) is 2.16. The molecule has 164 valence electrons. The second-order valence-electron chi connectivity index (χ2n) is 15.0. The summed E-state index contributed by atoms with van der Waals surface area (Å²) in [5.74, 6) is 0. The van der Waals surface area contributed by atoms with Crippen molar-refractivity contribution >= 4 is 0 Å². The number of rotatable bonds is 2. The number of hydrogen-bond acceptors (Lipinski definition) is 1. The molecule has 0 spiro atoms. The molecule has 0 saturated heterocycles. The Morgan fingerprint density at radius 3 is 0.481 bits per heavy atom. The minimum atomic E-state index is -2.99. The molecule has 0 fully saturated rings. The van der Waals surface area contributed by atoms with Crippen molar-refractivity contribution in [2.75, 3.05) is 0 Å². The van der Waals surface area contributed by atoms with E-state index >= 15 is 0 Å². The van der Waals surface area contributed by atoms with Crippen LogP contribution in [0.2, 0.25) is 22.3 Å². The van der Waals surface area contributed by atoms with Crippen molar-refractivity contribution in [3.05, 3.63) is 0 Å². The molecule has 0 aliphatic rings. The molecule has 0 aliphatic carbocycles. The van der Waals surface area contributed by atoms with E-state index in [1.807, 2.05) is 0 Å². The third kappa shape index (κ3) is 4.68. The predicted octanol–water partition coefficient (Wildman–Crippen LogP) is 10.5. The van der Waals surface area contributed by atoms with E-state index in [9.17, 15) is 0 Å². The fourth-order valence-corrected chi connectivity index (χ4v) is 47.4. The molecule has 0 aromatic carbocycles. The van der Waals surface area contributed by atoms with Crippen LogP contribution in [0, 0.1) is 0 Å². The Labute approximate surface area is 181 Å². The van der Waals surface area contributed by atoms with E-state index in [1.165, 1.54) is 0 Å². The van der Waals surface area contributed by atoms with Crippen molar-refractivity contribution in [3.63, 3.8) is 0 Å². The van der Waals surface area contributed by atoms with Gasteiger partial charge >= 0.3 is 183 Å². The van der Waals surface area contributed by atoms with E-state index in [4.69, 9.17) is 1.90 Å². The van der Waals surface area contributed by atoms with Crippen LogP contribution in [0.1, 0.15) is 125 Å². The molecule has 0 aromatic heterocycles. The van der Waals surface area contributed by atoms with Crippen LogP contribution < -0.4 is 0 Å². The Balaban J connectivity index is 7.45. The van der Waals surface area contributed by atoms with Gasteiger partial charge in [0.2, 0.25) is 0 Å². The Hall–Kier alpha value is 1.39. The summed E-state index contributed by atoms with van der Waals surface area (Å²) in [6.45, 7) is 44.6. The van der Waals surface area contributed by atoms with Crippen molar-refractivity contribution < 1.29 is 35.9 Å². The Morgan fingerprint density at radius 2 is 0.407 bits per heavy atom. The second kappa shape index (κ2) is 7.51. The van der Waals surface area contributed by atoms with Gasteiger partial charge in [-0.05, 0) is 0 Å². The van der Waals surface area contributed by atoms with Crippen molar-refractivity contribution in [2.24, 2.45) is 0 Å². The maximum atomic E-state index is 8.19. The zero-order valence-corrected chi connectivity index (χ0v) is 25.5. The third-order valence-corrected chi connectivity index (χ3v) is 31.3. The van der Waals surface area contributed by atoms with Gasteiger partial charge in [-0.1, -0.05) is 0 Å². The molecule has 0 radical (unpaired) electrons. The van der Waals surface area contributed by atoms with Gasteiger partial charge in [0.25, 0.3) is 0 Å². The van der Waals surface area contributed by atoms with Gasteiger partial charge in [0.05, 0.1) is 0 Å². The summed E-state index contributed by atoms with van der Waals surface area (Å²) >= 11 is -5.99. The first kappa shape index (κ1) is 28.4. The van der Waals surface area contributed by atoms with E-state index in [2.05, 4.69) is 125 Å². The van der Waals surface area contributed by atoms with E-state index < -0.39 is 34.0 Å². The summed E-state index contributed by atoms with van der Waals surface area (Å²) in [5.41, 5.74) is 0. The standard InChI is InChI=1S/6C4H9.O.2Ti/c6*1-4(2)3;;;/h6*1-3H3;;;. The van der Waals surface area contributed by atoms with Gasteiger partial charge in [-0.15, -0.1) is 0 Å². The van der Waals surface area contributed by atoms with Crippen LogP contribution in [0.15, 0.2) is 0 Å². The Kier molecular flexibility index (Phi) is 7.90. The van der Waals surface area contributed by atoms with E-state index in [0.717, 1.165) is 0 Å². The molecule has 3 heteroatoms. The van der Waals surface area contributed by atoms with E-state index in [0.29, 0.717) is 0 Å². The molecule has 0 atom stereocenters. The van der Waals surface area contributed by atoms with Crippen LogP contribution in [0.3, 0.4) is 0 Å². The van der Waals surface area contributed by atoms with Crippen molar-refractivity contribution in [1.29, 1.82) is 0 Å². The van der Waals surface area contributed by atoms with Crippen LogP contribution in [0.4, 0.5) is 0 Å². The SMILES string of the molecule is C[C](C)(C)[Ti]([O][Ti]([C](C)(C)C)([C](C)(C)C)[C](C)(C)C)([C](C)(C)C)[C](C)(C)C. The molecule has 0 unspecified atom stereocenters. The molecule has 0 heterocycles. The van der Waals surface area contributed by atoms with Gasteiger partial charge in [-0.25, -0.2) is 0 Å². The third-order valence-electron chi connectivity index (χ3n) is 6.64. The summed E-state index contributed by atoms with van der Waals surface area (Å²) in [6, 6.07) is 0. The molecule has 1 nitrogen and oxygen atoms in total. The number of hydrogen-bond donors (Lipinski definition) is 0. The molecule has 0 N–H and O–H groups in total. The van der Waals surface area contributed by atoms with Crippen molar-refractivity contribution in [3.8, 4) is 0 Å². The van der Waals surface area contributed by atoms with Crippen molar-refractivity contribution in [2.45, 2.75) is 147 Å². The summed E-state index contributed by atoms with van der Waals surface area (Å²) < 4.78 is 9.41. The summed E-state index contributed by atoms with van der Waals surface area (Å²) in [6.07, 6.45) is 0. The Morgan fingerprint density at radius 1 is 0.296 bits per heavy atom. The van der Waals surface area contributed by atoms with Gasteiger partial charge in [-0.2, -0.15) is 0 Å². The molecule has 27 heavy (non-hydrogen) atoms. The molecular weight excluding hydrogens is 400 g/mol. The zero-order valence-electron chi connectivity index (χ0n) is 22.4. The van der Waals surface area contributed by atoms with Crippen molar-refractivity contribution in [1.82, 2.24) is 0 Å². The molecule has 0 aromatic rings. The zero-order chi connectivity index (χ0) is 22.7. The summed E-state index contributed by atoms with van der Waals surface area (Å²) in [5, 5.41) is 0. The predicted molar refractivity (Wildman–Crippen MR) is 119 cm³/mol. The van der Waals surface area contributed by atoms with Crippen LogP contribution >= 0.6 is 0 Å². The van der Waals surface area contributed by atoms with Crippen LogP contribution in [-0.4, -0.2) is 0 Å². The van der Waals surface area contributed by atoms with Gasteiger partial charge in [0.15, 0.2) is 0 Å². The van der Waals surface area contributed by atoms with Gasteiger partial charge in [-0.3, -0.25) is 0 Å². The first-order valence-electron chi connectivity index (χ1n) is 10.9. The molecule has 0 saturated carbocycles. The second-order valence-corrected chi connectivity index (χ2v) is 34.9. The topological polar surface area (TPSA) is 9.23 Å². The maximum absolute atomic E-state index is 8.19. The van der Waals surface area contributed by atoms with Crippen LogP contribution in [0.5, 0.6) is 0 Å². The summed E-state index contributed by atoms with van der Waals surface area (Å²) in [4.78, 5) is 0. The van der Waals surface area contributed by atoms with Gasteiger partial charge < -0.3 is 0 Å². The average molecular weight is 454 g/mol. The minimum absolute atomic E-state index is 0.203. The first-order chi connectivity index (χ1) is 11.2. The molecule has 0 aliphatic heterocycles. The fraction of sp³-hybridized carbons (Fsp3) is 1.00. The molecule has 0 bridgehead atoms. The van der Waals surface area contributed by atoms with E-state index in [-0.39, 0.29) is 22.3 Å².